The molecule has 32 heavy (non-hydrogen) atoms. The highest BCUT2D eigenvalue weighted by molar-refractivity contribution is 14.0. The van der Waals surface area contributed by atoms with E-state index in [0.717, 1.165) is 74.2 Å². The zero-order chi connectivity index (χ0) is 21.5. The van der Waals surface area contributed by atoms with Gasteiger partial charge in [-0.15, -0.1) is 34.2 Å². The molecule has 0 aliphatic carbocycles. The van der Waals surface area contributed by atoms with Crippen molar-refractivity contribution in [2.45, 2.75) is 39.7 Å². The molecule has 0 spiro atoms. The summed E-state index contributed by atoms with van der Waals surface area (Å²) in [5.74, 6) is 2.90. The highest BCUT2D eigenvalue weighted by Gasteiger charge is 2.06. The number of nitrogens with one attached hydrogen (secondary N) is 2. The Morgan fingerprint density at radius 1 is 1.03 bits per heavy atom. The van der Waals surface area contributed by atoms with Crippen molar-refractivity contribution in [3.63, 3.8) is 0 Å². The molecule has 0 radical (unpaired) electrons. The number of halogens is 1. The summed E-state index contributed by atoms with van der Waals surface area (Å²) in [7, 11) is 0. The molecule has 8 nitrogen and oxygen atoms in total. The molecule has 0 aliphatic heterocycles. The first-order valence-electron chi connectivity index (χ1n) is 11.0. The van der Waals surface area contributed by atoms with Crippen LogP contribution in [0.3, 0.4) is 0 Å². The molecular weight excluding hydrogens is 515 g/mol. The Morgan fingerprint density at radius 2 is 1.88 bits per heavy atom. The highest BCUT2D eigenvalue weighted by atomic mass is 127. The van der Waals surface area contributed by atoms with E-state index in [-0.39, 0.29) is 24.0 Å². The van der Waals surface area contributed by atoms with Gasteiger partial charge in [0.15, 0.2) is 11.6 Å². The molecule has 3 aromatic heterocycles. The van der Waals surface area contributed by atoms with Gasteiger partial charge in [0, 0.05) is 38.8 Å². The maximum absolute atomic E-state index is 4.73. The summed E-state index contributed by atoms with van der Waals surface area (Å²) < 4.78 is 4.31. The Balaban J connectivity index is 0.00000289. The lowest BCUT2D eigenvalue weighted by Gasteiger charge is -2.11. The van der Waals surface area contributed by atoms with E-state index in [1.165, 1.54) is 5.52 Å². The van der Waals surface area contributed by atoms with Gasteiger partial charge in [-0.25, -0.2) is 4.98 Å². The predicted octanol–water partition coefficient (Wildman–Crippen LogP) is 3.58. The lowest BCUT2D eigenvalue weighted by atomic mass is 10.3. The fourth-order valence-electron chi connectivity index (χ4n) is 3.75. The lowest BCUT2D eigenvalue weighted by Crippen LogP contribution is -2.38. The van der Waals surface area contributed by atoms with Crippen molar-refractivity contribution in [2.24, 2.45) is 4.99 Å². The maximum Gasteiger partial charge on any atom is 0.191 e. The fraction of sp³-hybridized carbons (Fsp3) is 0.391. The average molecular weight is 546 g/mol. The van der Waals surface area contributed by atoms with E-state index in [9.17, 15) is 0 Å². The van der Waals surface area contributed by atoms with Gasteiger partial charge in [0.2, 0.25) is 0 Å². The smallest absolute Gasteiger partial charge is 0.191 e. The first-order chi connectivity index (χ1) is 15.3. The topological polar surface area (TPSA) is 84.4 Å². The van der Waals surface area contributed by atoms with Crippen LogP contribution in [0.25, 0.3) is 16.7 Å². The SMILES string of the molecule is CCNC(=NCCCn1c(C)nc2ccccc21)NCCCc1nnc2ccccn12.I. The van der Waals surface area contributed by atoms with Crippen molar-refractivity contribution in [3.8, 4) is 0 Å². The minimum absolute atomic E-state index is 0. The summed E-state index contributed by atoms with van der Waals surface area (Å²) in [5, 5.41) is 15.3. The van der Waals surface area contributed by atoms with Crippen LogP contribution >= 0.6 is 24.0 Å². The fourth-order valence-corrected chi connectivity index (χ4v) is 3.75. The minimum atomic E-state index is 0. The largest absolute Gasteiger partial charge is 0.357 e. The third-order valence-electron chi connectivity index (χ3n) is 5.25. The molecule has 0 atom stereocenters. The normalized spacial score (nSPS) is 11.6. The average Bonchev–Trinajstić information content (AvgIpc) is 3.34. The van der Waals surface area contributed by atoms with Crippen LogP contribution in [-0.4, -0.2) is 49.7 Å². The molecule has 4 rings (SSSR count). The number of nitrogens with zero attached hydrogens (tertiary/aromatic N) is 6. The molecule has 3 heterocycles. The van der Waals surface area contributed by atoms with Crippen LogP contribution < -0.4 is 10.6 Å². The second-order valence-corrected chi connectivity index (χ2v) is 7.49. The van der Waals surface area contributed by atoms with Gasteiger partial charge < -0.3 is 15.2 Å². The number of hydrogen-bond donors (Lipinski definition) is 2. The van der Waals surface area contributed by atoms with Crippen molar-refractivity contribution in [2.75, 3.05) is 19.6 Å². The van der Waals surface area contributed by atoms with E-state index >= 15 is 0 Å². The Bertz CT molecular complexity index is 1160. The zero-order valence-corrected chi connectivity index (χ0v) is 21.0. The molecule has 0 unspecified atom stereocenters. The lowest BCUT2D eigenvalue weighted by molar-refractivity contribution is 0.644. The van der Waals surface area contributed by atoms with Crippen LogP contribution in [-0.2, 0) is 13.0 Å². The monoisotopic (exact) mass is 546 g/mol. The third-order valence-corrected chi connectivity index (χ3v) is 5.25. The van der Waals surface area contributed by atoms with Crippen LogP contribution in [0, 0.1) is 6.92 Å². The van der Waals surface area contributed by atoms with E-state index in [4.69, 9.17) is 4.99 Å². The van der Waals surface area contributed by atoms with Gasteiger partial charge >= 0.3 is 0 Å². The number of aromatic nitrogens is 5. The van der Waals surface area contributed by atoms with Crippen LogP contribution in [0.15, 0.2) is 53.7 Å². The Morgan fingerprint density at radius 3 is 2.75 bits per heavy atom. The Hall–Kier alpha value is -2.69. The van der Waals surface area contributed by atoms with Gasteiger partial charge in [0.1, 0.15) is 11.6 Å². The second-order valence-electron chi connectivity index (χ2n) is 7.49. The van der Waals surface area contributed by atoms with Gasteiger partial charge in [-0.2, -0.15) is 0 Å². The summed E-state index contributed by atoms with van der Waals surface area (Å²) in [4.78, 5) is 9.37. The van der Waals surface area contributed by atoms with Gasteiger partial charge in [-0.05, 0) is 51.0 Å². The molecule has 9 heteroatoms. The van der Waals surface area contributed by atoms with E-state index in [2.05, 4.69) is 62.4 Å². The second kappa shape index (κ2) is 11.8. The first-order valence-corrected chi connectivity index (χ1v) is 11.0. The van der Waals surface area contributed by atoms with E-state index in [1.807, 2.05) is 34.9 Å². The van der Waals surface area contributed by atoms with Crippen molar-refractivity contribution in [1.82, 2.24) is 34.8 Å². The van der Waals surface area contributed by atoms with Crippen molar-refractivity contribution in [3.05, 3.63) is 60.3 Å². The Kier molecular flexibility index (Phi) is 8.83. The number of hydrogen-bond acceptors (Lipinski definition) is 4. The molecule has 0 saturated heterocycles. The number of fused-ring (bicyclic) bond motifs is 2. The molecule has 0 aliphatic rings. The number of rotatable bonds is 9. The molecule has 0 fully saturated rings. The predicted molar refractivity (Wildman–Crippen MR) is 140 cm³/mol. The van der Waals surface area contributed by atoms with Crippen LogP contribution in [0.5, 0.6) is 0 Å². The summed E-state index contributed by atoms with van der Waals surface area (Å²) in [6.07, 6.45) is 4.79. The molecule has 4 aromatic rings. The molecular formula is C23H31IN8. The summed E-state index contributed by atoms with van der Waals surface area (Å²) >= 11 is 0. The number of aryl methyl sites for hydroxylation is 3. The number of imidazole rings is 1. The van der Waals surface area contributed by atoms with E-state index in [1.54, 1.807) is 0 Å². The van der Waals surface area contributed by atoms with Crippen LogP contribution in [0.4, 0.5) is 0 Å². The standard InChI is InChI=1S/C23H30N8.HI/c1-3-24-23(25-14-8-13-22-29-28-21-12-6-7-16-31(21)22)26-15-9-17-30-18(2)27-19-10-4-5-11-20(19)30;/h4-7,10-12,16H,3,8-9,13-15,17H2,1-2H3,(H2,24,25,26);1H. The van der Waals surface area contributed by atoms with Crippen molar-refractivity contribution >= 4 is 46.6 Å². The number of pyridine rings is 1. The molecule has 0 amide bonds. The maximum atomic E-state index is 4.73. The number of para-hydroxylation sites is 2. The van der Waals surface area contributed by atoms with Crippen LogP contribution in [0.1, 0.15) is 31.4 Å². The molecule has 0 saturated carbocycles. The van der Waals surface area contributed by atoms with E-state index in [0.29, 0.717) is 0 Å². The van der Waals surface area contributed by atoms with Gasteiger partial charge in [-0.1, -0.05) is 18.2 Å². The number of benzene rings is 1. The van der Waals surface area contributed by atoms with Gasteiger partial charge in [-0.3, -0.25) is 9.39 Å². The van der Waals surface area contributed by atoms with E-state index < -0.39 is 0 Å². The summed E-state index contributed by atoms with van der Waals surface area (Å²) in [5.41, 5.74) is 3.13. The number of aliphatic imine (C=N–C) groups is 1. The highest BCUT2D eigenvalue weighted by Crippen LogP contribution is 2.15. The molecule has 1 aromatic carbocycles. The number of guanidine groups is 1. The quantitative estimate of drug-likeness (QED) is 0.145. The zero-order valence-electron chi connectivity index (χ0n) is 18.7. The van der Waals surface area contributed by atoms with Gasteiger partial charge in [0.25, 0.3) is 0 Å². The van der Waals surface area contributed by atoms with Crippen LogP contribution in [0.2, 0.25) is 0 Å². The third kappa shape index (κ3) is 5.76. The minimum Gasteiger partial charge on any atom is -0.357 e. The molecule has 0 bridgehead atoms. The van der Waals surface area contributed by atoms with Crippen molar-refractivity contribution < 1.29 is 0 Å². The first kappa shape index (κ1) is 24.0. The Labute approximate surface area is 205 Å². The van der Waals surface area contributed by atoms with Gasteiger partial charge in [0.05, 0.1) is 11.0 Å². The molecule has 170 valence electrons. The molecule has 2 N–H and O–H groups in total. The summed E-state index contributed by atoms with van der Waals surface area (Å²) in [6, 6.07) is 14.2. The van der Waals surface area contributed by atoms with Crippen molar-refractivity contribution in [1.29, 1.82) is 0 Å². The summed E-state index contributed by atoms with van der Waals surface area (Å²) in [6.45, 7) is 7.49.